The summed E-state index contributed by atoms with van der Waals surface area (Å²) in [6, 6.07) is 0. The van der Waals surface area contributed by atoms with E-state index in [-0.39, 0.29) is 0 Å². The van der Waals surface area contributed by atoms with Crippen LogP contribution in [0.4, 0.5) is 0 Å². The molecule has 0 aliphatic rings. The molecule has 0 aliphatic heterocycles. The van der Waals surface area contributed by atoms with Crippen LogP contribution >= 0.6 is 0 Å². The van der Waals surface area contributed by atoms with E-state index in [1.54, 1.807) is 0 Å². The van der Waals surface area contributed by atoms with Gasteiger partial charge in [0.25, 0.3) is 0 Å². The maximum Gasteiger partial charge on any atom is 0.0107 e. The Kier molecular flexibility index (Phi) is 32.1. The predicted octanol–water partition coefficient (Wildman–Crippen LogP) is 2.99. The summed E-state index contributed by atoms with van der Waals surface area (Å²) in [5.74, 6) is 0. The van der Waals surface area contributed by atoms with E-state index >= 15 is 0 Å². The standard InChI is InChI=1S/C8H20N2.2C2H6/c1-4-7-10(5-2)8-6-9-3;2*1-2/h9H,4-8H2,1-3H3;2*1-2H3. The van der Waals surface area contributed by atoms with Gasteiger partial charge >= 0.3 is 0 Å². The molecular weight excluding hydrogens is 172 g/mol. The molecule has 0 atom stereocenters. The molecule has 0 saturated heterocycles. The van der Waals surface area contributed by atoms with Crippen LogP contribution in [0.5, 0.6) is 0 Å². The van der Waals surface area contributed by atoms with Gasteiger partial charge in [-0.05, 0) is 26.6 Å². The first-order valence-corrected chi connectivity index (χ1v) is 6.22. The molecule has 0 aromatic carbocycles. The van der Waals surface area contributed by atoms with Crippen molar-refractivity contribution in [3.8, 4) is 0 Å². The molecule has 1 N–H and O–H groups in total. The van der Waals surface area contributed by atoms with Gasteiger partial charge in [-0.2, -0.15) is 0 Å². The van der Waals surface area contributed by atoms with Crippen molar-refractivity contribution in [3.05, 3.63) is 0 Å². The molecule has 0 aromatic rings. The van der Waals surface area contributed by atoms with Crippen molar-refractivity contribution in [2.24, 2.45) is 0 Å². The SMILES string of the molecule is CC.CC.CCCN(CC)CCNC. The van der Waals surface area contributed by atoms with Gasteiger partial charge in [0.1, 0.15) is 0 Å². The second-order valence-corrected chi connectivity index (χ2v) is 2.54. The Balaban J connectivity index is -0.000000266. The smallest absolute Gasteiger partial charge is 0.0107 e. The minimum absolute atomic E-state index is 1.10. The van der Waals surface area contributed by atoms with Gasteiger partial charge in [-0.1, -0.05) is 41.5 Å². The van der Waals surface area contributed by atoms with Crippen LogP contribution in [-0.2, 0) is 0 Å². The molecule has 0 aromatic heterocycles. The number of likely N-dealkylation sites (N-methyl/N-ethyl adjacent to an activating group) is 2. The largest absolute Gasteiger partial charge is 0.318 e. The summed E-state index contributed by atoms with van der Waals surface area (Å²) in [6.07, 6.45) is 1.26. The van der Waals surface area contributed by atoms with Crippen LogP contribution in [0.25, 0.3) is 0 Å². The Labute approximate surface area is 92.1 Å². The quantitative estimate of drug-likeness (QED) is 0.715. The second kappa shape index (κ2) is 23.1. The Morgan fingerprint density at radius 1 is 0.929 bits per heavy atom. The third-order valence-electron chi connectivity index (χ3n) is 1.67. The van der Waals surface area contributed by atoms with Crippen molar-refractivity contribution in [2.75, 3.05) is 33.2 Å². The number of rotatable bonds is 6. The van der Waals surface area contributed by atoms with Gasteiger partial charge in [0.05, 0.1) is 0 Å². The van der Waals surface area contributed by atoms with E-state index in [2.05, 4.69) is 24.1 Å². The molecule has 2 heteroatoms. The Hall–Kier alpha value is -0.0800. The van der Waals surface area contributed by atoms with Crippen molar-refractivity contribution in [3.63, 3.8) is 0 Å². The Morgan fingerprint density at radius 3 is 1.71 bits per heavy atom. The van der Waals surface area contributed by atoms with Crippen LogP contribution in [0.3, 0.4) is 0 Å². The highest BCUT2D eigenvalue weighted by molar-refractivity contribution is 4.54. The molecular formula is C12H32N2. The first-order chi connectivity index (χ1) is 6.85. The molecule has 0 rings (SSSR count). The third kappa shape index (κ3) is 17.9. The van der Waals surface area contributed by atoms with Gasteiger partial charge in [-0.25, -0.2) is 0 Å². The molecule has 90 valence electrons. The molecule has 0 fully saturated rings. The zero-order valence-electron chi connectivity index (χ0n) is 11.5. The van der Waals surface area contributed by atoms with Crippen LogP contribution in [0.2, 0.25) is 0 Å². The maximum atomic E-state index is 3.15. The predicted molar refractivity (Wildman–Crippen MR) is 69.0 cm³/mol. The van der Waals surface area contributed by atoms with Gasteiger partial charge in [0, 0.05) is 13.1 Å². The summed E-state index contributed by atoms with van der Waals surface area (Å²) in [5.41, 5.74) is 0. The maximum absolute atomic E-state index is 3.15. The van der Waals surface area contributed by atoms with Crippen molar-refractivity contribution >= 4 is 0 Å². The Bertz CT molecular complexity index is 65.3. The van der Waals surface area contributed by atoms with Crippen LogP contribution in [0.15, 0.2) is 0 Å². The third-order valence-corrected chi connectivity index (χ3v) is 1.67. The fourth-order valence-electron chi connectivity index (χ4n) is 1.01. The Morgan fingerprint density at radius 2 is 1.43 bits per heavy atom. The summed E-state index contributed by atoms with van der Waals surface area (Å²) in [6.45, 7) is 17.1. The highest BCUT2D eigenvalue weighted by atomic mass is 15.1. The van der Waals surface area contributed by atoms with Gasteiger partial charge < -0.3 is 10.2 Å². The summed E-state index contributed by atoms with van der Waals surface area (Å²) < 4.78 is 0. The van der Waals surface area contributed by atoms with E-state index in [0.717, 1.165) is 6.54 Å². The lowest BCUT2D eigenvalue weighted by Crippen LogP contribution is -2.31. The molecule has 0 radical (unpaired) electrons. The molecule has 0 spiro atoms. The van der Waals surface area contributed by atoms with Gasteiger partial charge in [0.15, 0.2) is 0 Å². The monoisotopic (exact) mass is 204 g/mol. The van der Waals surface area contributed by atoms with Crippen LogP contribution in [-0.4, -0.2) is 38.1 Å². The summed E-state index contributed by atoms with van der Waals surface area (Å²) in [7, 11) is 2.00. The number of hydrogen-bond donors (Lipinski definition) is 1. The van der Waals surface area contributed by atoms with Crippen LogP contribution in [0.1, 0.15) is 48.0 Å². The molecule has 0 unspecified atom stereocenters. The van der Waals surface area contributed by atoms with Crippen molar-refractivity contribution in [1.82, 2.24) is 10.2 Å². The molecule has 14 heavy (non-hydrogen) atoms. The van der Waals surface area contributed by atoms with E-state index in [4.69, 9.17) is 0 Å². The molecule has 0 saturated carbocycles. The van der Waals surface area contributed by atoms with Crippen LogP contribution in [0, 0.1) is 0 Å². The summed E-state index contributed by atoms with van der Waals surface area (Å²) in [5, 5.41) is 3.15. The van der Waals surface area contributed by atoms with Crippen LogP contribution < -0.4 is 5.32 Å². The average molecular weight is 204 g/mol. The number of hydrogen-bond acceptors (Lipinski definition) is 2. The lowest BCUT2D eigenvalue weighted by Gasteiger charge is -2.18. The molecule has 0 aliphatic carbocycles. The molecule has 2 nitrogen and oxygen atoms in total. The zero-order chi connectivity index (χ0) is 11.8. The van der Waals surface area contributed by atoms with Gasteiger partial charge in [-0.15, -0.1) is 0 Å². The first-order valence-electron chi connectivity index (χ1n) is 6.22. The highest BCUT2D eigenvalue weighted by Crippen LogP contribution is 1.88. The van der Waals surface area contributed by atoms with E-state index in [1.807, 2.05) is 34.7 Å². The lowest BCUT2D eigenvalue weighted by molar-refractivity contribution is 0.290. The topological polar surface area (TPSA) is 15.3 Å². The van der Waals surface area contributed by atoms with E-state index in [1.165, 1.54) is 26.1 Å². The lowest BCUT2D eigenvalue weighted by atomic mass is 10.4. The summed E-state index contributed by atoms with van der Waals surface area (Å²) >= 11 is 0. The van der Waals surface area contributed by atoms with Crippen molar-refractivity contribution in [1.29, 1.82) is 0 Å². The zero-order valence-corrected chi connectivity index (χ0v) is 11.5. The number of nitrogens with one attached hydrogen (secondary N) is 1. The van der Waals surface area contributed by atoms with E-state index in [9.17, 15) is 0 Å². The average Bonchev–Trinajstić information content (AvgIpc) is 2.29. The highest BCUT2D eigenvalue weighted by Gasteiger charge is 1.97. The van der Waals surface area contributed by atoms with Crippen molar-refractivity contribution in [2.45, 2.75) is 48.0 Å². The molecule has 0 heterocycles. The summed E-state index contributed by atoms with van der Waals surface area (Å²) in [4.78, 5) is 2.45. The van der Waals surface area contributed by atoms with E-state index in [0.29, 0.717) is 0 Å². The normalized spacial score (nSPS) is 8.57. The second-order valence-electron chi connectivity index (χ2n) is 2.54. The van der Waals surface area contributed by atoms with Gasteiger partial charge in [-0.3, -0.25) is 0 Å². The minimum Gasteiger partial charge on any atom is -0.318 e. The number of nitrogens with zero attached hydrogens (tertiary/aromatic N) is 1. The molecule has 0 bridgehead atoms. The van der Waals surface area contributed by atoms with Crippen molar-refractivity contribution < 1.29 is 0 Å². The molecule has 0 amide bonds. The minimum atomic E-state index is 1.10. The first kappa shape index (κ1) is 19.5. The fourth-order valence-corrected chi connectivity index (χ4v) is 1.01. The van der Waals surface area contributed by atoms with E-state index < -0.39 is 0 Å². The van der Waals surface area contributed by atoms with Gasteiger partial charge in [0.2, 0.25) is 0 Å². The fraction of sp³-hybridized carbons (Fsp3) is 1.00.